The number of hydrogen-bond donors (Lipinski definition) is 0. The van der Waals surface area contributed by atoms with Crippen LogP contribution in [-0.2, 0) is 14.3 Å². The lowest BCUT2D eigenvalue weighted by Crippen LogP contribution is -2.07. The van der Waals surface area contributed by atoms with Crippen molar-refractivity contribution in [1.29, 1.82) is 0 Å². The van der Waals surface area contributed by atoms with Crippen LogP contribution in [0, 0.1) is 17.0 Å². The monoisotopic (exact) mass is 244 g/mol. The zero-order valence-electron chi connectivity index (χ0n) is 8.49. The van der Waals surface area contributed by atoms with Crippen LogP contribution >= 0.6 is 0 Å². The summed E-state index contributed by atoms with van der Waals surface area (Å²) in [7, 11) is -3.59. The molecule has 0 heterocycles. The summed E-state index contributed by atoms with van der Waals surface area (Å²) in [5.41, 5.74) is 0.381. The molecule has 1 atom stereocenters. The normalized spacial score (nSPS) is 13.4. The van der Waals surface area contributed by atoms with E-state index in [1.165, 1.54) is 24.3 Å². The van der Waals surface area contributed by atoms with Gasteiger partial charge in [-0.1, -0.05) is 0 Å². The van der Waals surface area contributed by atoms with Gasteiger partial charge in [0, 0.05) is 12.1 Å². The van der Waals surface area contributed by atoms with Gasteiger partial charge in [0.2, 0.25) is 0 Å². The van der Waals surface area contributed by atoms with E-state index in [9.17, 15) is 18.5 Å². The van der Waals surface area contributed by atoms with E-state index in [4.69, 9.17) is 0 Å². The quantitative estimate of drug-likeness (QED) is 0.454. The summed E-state index contributed by atoms with van der Waals surface area (Å²) in [5.74, 6) is 0. The average Bonchev–Trinajstić information content (AvgIpc) is 2.15. The van der Waals surface area contributed by atoms with Crippen molar-refractivity contribution < 1.29 is 17.5 Å². The summed E-state index contributed by atoms with van der Waals surface area (Å²) in [6.07, 6.45) is 0.00660. The standard InChI is InChI=1S/C9H10NO5S/c1-7(15-16(2,13)14)8-3-5-9(6-4-8)10(11)12/h3-7H,1H2,2H3/t7-/m1/s1. The molecule has 0 saturated heterocycles. The molecule has 87 valence electrons. The molecule has 1 rings (SSSR count). The Hall–Kier alpha value is -1.47. The number of benzene rings is 1. The van der Waals surface area contributed by atoms with E-state index >= 15 is 0 Å². The second-order valence-electron chi connectivity index (χ2n) is 3.14. The van der Waals surface area contributed by atoms with Crippen LogP contribution in [0.1, 0.15) is 11.7 Å². The molecular formula is C9H10NO5S. The van der Waals surface area contributed by atoms with Crippen molar-refractivity contribution in [1.82, 2.24) is 0 Å². The third kappa shape index (κ3) is 3.59. The van der Waals surface area contributed by atoms with Crippen LogP contribution < -0.4 is 0 Å². The van der Waals surface area contributed by atoms with Crippen LogP contribution in [-0.4, -0.2) is 19.6 Å². The smallest absolute Gasteiger partial charge is 0.262 e. The van der Waals surface area contributed by atoms with Crippen molar-refractivity contribution in [3.8, 4) is 0 Å². The predicted molar refractivity (Wildman–Crippen MR) is 57.1 cm³/mol. The van der Waals surface area contributed by atoms with E-state index in [-0.39, 0.29) is 5.69 Å². The zero-order chi connectivity index (χ0) is 12.3. The Balaban J connectivity index is 2.86. The third-order valence-corrected chi connectivity index (χ3v) is 2.35. The van der Waals surface area contributed by atoms with E-state index in [0.29, 0.717) is 5.56 Å². The maximum absolute atomic E-state index is 10.8. The maximum atomic E-state index is 10.8. The minimum Gasteiger partial charge on any atom is -0.262 e. The molecule has 0 aliphatic carbocycles. The first-order valence-corrected chi connectivity index (χ1v) is 6.07. The largest absolute Gasteiger partial charge is 0.269 e. The molecule has 0 fully saturated rings. The topological polar surface area (TPSA) is 86.5 Å². The van der Waals surface area contributed by atoms with Crippen molar-refractivity contribution in [3.05, 3.63) is 46.9 Å². The zero-order valence-corrected chi connectivity index (χ0v) is 9.31. The van der Waals surface area contributed by atoms with Gasteiger partial charge in [0.1, 0.15) is 6.10 Å². The van der Waals surface area contributed by atoms with Crippen molar-refractivity contribution in [2.75, 3.05) is 6.26 Å². The van der Waals surface area contributed by atoms with Gasteiger partial charge in [0.15, 0.2) is 0 Å². The Morgan fingerprint density at radius 1 is 1.38 bits per heavy atom. The number of non-ortho nitro benzene ring substituents is 1. The highest BCUT2D eigenvalue weighted by Gasteiger charge is 2.13. The number of rotatable bonds is 4. The molecule has 1 aromatic rings. The summed E-state index contributed by atoms with van der Waals surface area (Å²) in [6.45, 7) is 3.50. The van der Waals surface area contributed by atoms with Gasteiger partial charge >= 0.3 is 0 Å². The van der Waals surface area contributed by atoms with Crippen LogP contribution in [0.5, 0.6) is 0 Å². The highest BCUT2D eigenvalue weighted by Crippen LogP contribution is 2.21. The Morgan fingerprint density at radius 3 is 2.25 bits per heavy atom. The maximum Gasteiger partial charge on any atom is 0.269 e. The van der Waals surface area contributed by atoms with Gasteiger partial charge in [-0.05, 0) is 24.6 Å². The van der Waals surface area contributed by atoms with Crippen molar-refractivity contribution in [2.45, 2.75) is 6.10 Å². The number of nitro benzene ring substituents is 1. The lowest BCUT2D eigenvalue weighted by molar-refractivity contribution is -0.384. The highest BCUT2D eigenvalue weighted by atomic mass is 32.2. The molecule has 6 nitrogen and oxygen atoms in total. The van der Waals surface area contributed by atoms with Crippen LogP contribution in [0.4, 0.5) is 5.69 Å². The molecule has 1 radical (unpaired) electrons. The molecule has 0 spiro atoms. The van der Waals surface area contributed by atoms with Gasteiger partial charge < -0.3 is 0 Å². The first kappa shape index (κ1) is 12.6. The molecular weight excluding hydrogens is 234 g/mol. The van der Waals surface area contributed by atoms with Crippen molar-refractivity contribution in [2.24, 2.45) is 0 Å². The van der Waals surface area contributed by atoms with Gasteiger partial charge in [-0.2, -0.15) is 8.42 Å². The lowest BCUT2D eigenvalue weighted by atomic mass is 10.1. The van der Waals surface area contributed by atoms with Gasteiger partial charge in [-0.3, -0.25) is 14.3 Å². The van der Waals surface area contributed by atoms with E-state index in [0.717, 1.165) is 6.26 Å². The Kier molecular flexibility index (Phi) is 3.61. The van der Waals surface area contributed by atoms with Crippen LogP contribution in [0.15, 0.2) is 24.3 Å². The molecule has 0 unspecified atom stereocenters. The van der Waals surface area contributed by atoms with E-state index < -0.39 is 21.1 Å². The van der Waals surface area contributed by atoms with E-state index in [2.05, 4.69) is 11.1 Å². The first-order chi connectivity index (χ1) is 7.29. The Bertz CT molecular complexity index is 479. The number of hydrogen-bond acceptors (Lipinski definition) is 5. The van der Waals surface area contributed by atoms with Crippen molar-refractivity contribution in [3.63, 3.8) is 0 Å². The fourth-order valence-electron chi connectivity index (χ4n) is 1.08. The molecule has 0 N–H and O–H groups in total. The van der Waals surface area contributed by atoms with Crippen LogP contribution in [0.25, 0.3) is 0 Å². The molecule has 0 aliphatic heterocycles. The fourth-order valence-corrected chi connectivity index (χ4v) is 1.61. The average molecular weight is 244 g/mol. The summed E-state index contributed by atoms with van der Waals surface area (Å²) >= 11 is 0. The molecule has 0 saturated carbocycles. The molecule has 0 aromatic heterocycles. The number of nitro groups is 1. The van der Waals surface area contributed by atoms with E-state index in [1.54, 1.807) is 0 Å². The Morgan fingerprint density at radius 2 is 1.88 bits per heavy atom. The van der Waals surface area contributed by atoms with Gasteiger partial charge in [0.05, 0.1) is 11.2 Å². The van der Waals surface area contributed by atoms with E-state index in [1.807, 2.05) is 0 Å². The molecule has 0 bridgehead atoms. The molecule has 1 aromatic carbocycles. The number of nitrogens with zero attached hydrogens (tertiary/aromatic N) is 1. The molecule has 7 heteroatoms. The summed E-state index contributed by atoms with van der Waals surface area (Å²) in [4.78, 5) is 9.83. The molecule has 16 heavy (non-hydrogen) atoms. The Labute approximate surface area is 93.1 Å². The lowest BCUT2D eigenvalue weighted by Gasteiger charge is -2.10. The van der Waals surface area contributed by atoms with Gasteiger partial charge in [-0.15, -0.1) is 0 Å². The van der Waals surface area contributed by atoms with Crippen LogP contribution in [0.2, 0.25) is 0 Å². The molecule has 0 amide bonds. The second kappa shape index (κ2) is 4.58. The van der Waals surface area contributed by atoms with Crippen LogP contribution in [0.3, 0.4) is 0 Å². The highest BCUT2D eigenvalue weighted by molar-refractivity contribution is 7.86. The minimum atomic E-state index is -3.59. The van der Waals surface area contributed by atoms with Crippen molar-refractivity contribution >= 4 is 15.8 Å². The van der Waals surface area contributed by atoms with Gasteiger partial charge in [0.25, 0.3) is 15.8 Å². The summed E-state index contributed by atoms with van der Waals surface area (Å²) in [5, 5.41) is 10.4. The summed E-state index contributed by atoms with van der Waals surface area (Å²) in [6, 6.07) is 5.33. The predicted octanol–water partition coefficient (Wildman–Crippen LogP) is 1.45. The summed E-state index contributed by atoms with van der Waals surface area (Å²) < 4.78 is 26.3. The second-order valence-corrected chi connectivity index (χ2v) is 4.74. The molecule has 0 aliphatic rings. The fraction of sp³-hybridized carbons (Fsp3) is 0.222. The minimum absolute atomic E-state index is 0.0738. The van der Waals surface area contributed by atoms with Gasteiger partial charge in [-0.25, -0.2) is 0 Å². The SMILES string of the molecule is [CH2][C@@H](OS(C)(=O)=O)c1ccc([N+](=O)[O-])cc1. The first-order valence-electron chi connectivity index (χ1n) is 4.25. The third-order valence-electron chi connectivity index (χ3n) is 1.77.